The van der Waals surface area contributed by atoms with E-state index in [1.807, 2.05) is 55.5 Å². The zero-order valence-corrected chi connectivity index (χ0v) is 18.2. The summed E-state index contributed by atoms with van der Waals surface area (Å²) in [6, 6.07) is 24.0. The molecule has 4 heteroatoms. The molecule has 0 atom stereocenters. The summed E-state index contributed by atoms with van der Waals surface area (Å²) in [5, 5.41) is 16.3. The quantitative estimate of drug-likeness (QED) is 0.394. The third kappa shape index (κ3) is 7.26. The summed E-state index contributed by atoms with van der Waals surface area (Å²) in [7, 11) is 0. The molecule has 31 heavy (non-hydrogen) atoms. The number of hydrogen-bond acceptors (Lipinski definition) is 3. The number of carbonyl (C=O) groups excluding carboxylic acids is 1. The van der Waals surface area contributed by atoms with Gasteiger partial charge in [0.2, 0.25) is 0 Å². The molecule has 0 aliphatic heterocycles. The molecular formula is C27H32N2O2. The molecule has 0 aliphatic rings. The lowest BCUT2D eigenvalue weighted by atomic mass is 10.1. The molecule has 3 rings (SSSR count). The Balaban J connectivity index is 1.41. The van der Waals surface area contributed by atoms with E-state index in [-0.39, 0.29) is 5.91 Å². The highest BCUT2D eigenvalue weighted by Gasteiger charge is 2.10. The van der Waals surface area contributed by atoms with E-state index >= 15 is 0 Å². The second-order valence-electron chi connectivity index (χ2n) is 7.90. The van der Waals surface area contributed by atoms with Crippen molar-refractivity contribution in [2.45, 2.75) is 39.2 Å². The maximum atomic E-state index is 12.7. The van der Waals surface area contributed by atoms with Crippen LogP contribution in [0.15, 0.2) is 72.8 Å². The minimum Gasteiger partial charge on any atom is -0.508 e. The van der Waals surface area contributed by atoms with Gasteiger partial charge in [0, 0.05) is 18.7 Å². The molecule has 162 valence electrons. The van der Waals surface area contributed by atoms with Crippen molar-refractivity contribution in [1.29, 1.82) is 0 Å². The van der Waals surface area contributed by atoms with Crippen LogP contribution < -0.4 is 10.6 Å². The van der Waals surface area contributed by atoms with E-state index in [1.165, 1.54) is 5.56 Å². The standard InChI is InChI=1S/C27H32N2O2/c1-21-14-15-23(19-26(21)30)16-18-28-20-24-12-5-6-13-25(24)27(31)29-17-8-7-11-22-9-3-2-4-10-22/h2-6,9-10,12-15,19,28,30H,7-8,11,16-18,20H2,1H3,(H,29,31). The van der Waals surface area contributed by atoms with E-state index in [9.17, 15) is 9.90 Å². The van der Waals surface area contributed by atoms with Gasteiger partial charge in [-0.1, -0.05) is 60.7 Å². The molecule has 3 N–H and O–H groups in total. The van der Waals surface area contributed by atoms with Crippen molar-refractivity contribution in [3.63, 3.8) is 0 Å². The lowest BCUT2D eigenvalue weighted by Gasteiger charge is -2.11. The van der Waals surface area contributed by atoms with Gasteiger partial charge >= 0.3 is 0 Å². The number of carbonyl (C=O) groups is 1. The number of nitrogens with one attached hydrogen (secondary N) is 2. The maximum Gasteiger partial charge on any atom is 0.251 e. The first-order valence-corrected chi connectivity index (χ1v) is 11.0. The first-order chi connectivity index (χ1) is 15.1. The molecule has 0 radical (unpaired) electrons. The van der Waals surface area contributed by atoms with Crippen LogP contribution in [0.1, 0.15) is 45.5 Å². The summed E-state index contributed by atoms with van der Waals surface area (Å²) in [5.41, 5.74) is 5.04. The molecule has 4 nitrogen and oxygen atoms in total. The van der Waals surface area contributed by atoms with Crippen molar-refractivity contribution < 1.29 is 9.90 Å². The van der Waals surface area contributed by atoms with E-state index < -0.39 is 0 Å². The minimum absolute atomic E-state index is 0.0134. The molecule has 0 bridgehead atoms. The van der Waals surface area contributed by atoms with Crippen molar-refractivity contribution >= 4 is 5.91 Å². The molecule has 0 saturated heterocycles. The van der Waals surface area contributed by atoms with Crippen molar-refractivity contribution in [3.8, 4) is 5.75 Å². The Morgan fingerprint density at radius 1 is 0.839 bits per heavy atom. The predicted octanol–water partition coefficient (Wildman–Crippen LogP) is 4.79. The Labute approximate surface area is 185 Å². The number of unbranched alkanes of at least 4 members (excludes halogenated alkanes) is 1. The summed E-state index contributed by atoms with van der Waals surface area (Å²) in [4.78, 5) is 12.7. The summed E-state index contributed by atoms with van der Waals surface area (Å²) in [5.74, 6) is 0.323. The van der Waals surface area contributed by atoms with Crippen LogP contribution in [0.25, 0.3) is 0 Å². The Morgan fingerprint density at radius 3 is 2.42 bits per heavy atom. The predicted molar refractivity (Wildman–Crippen MR) is 126 cm³/mol. The van der Waals surface area contributed by atoms with Crippen LogP contribution >= 0.6 is 0 Å². The molecule has 0 fully saturated rings. The van der Waals surface area contributed by atoms with Crippen LogP contribution in [0.2, 0.25) is 0 Å². The highest BCUT2D eigenvalue weighted by atomic mass is 16.3. The molecule has 1 amide bonds. The number of phenolic OH excluding ortho intramolecular Hbond substituents is 1. The number of aryl methyl sites for hydroxylation is 2. The normalized spacial score (nSPS) is 10.7. The smallest absolute Gasteiger partial charge is 0.251 e. The van der Waals surface area contributed by atoms with Gasteiger partial charge in [-0.3, -0.25) is 4.79 Å². The van der Waals surface area contributed by atoms with Crippen LogP contribution in [0.5, 0.6) is 5.75 Å². The van der Waals surface area contributed by atoms with E-state index in [2.05, 4.69) is 34.9 Å². The maximum absolute atomic E-state index is 12.7. The van der Waals surface area contributed by atoms with Crippen molar-refractivity contribution in [1.82, 2.24) is 10.6 Å². The summed E-state index contributed by atoms with van der Waals surface area (Å²) < 4.78 is 0. The number of phenols is 1. The van der Waals surface area contributed by atoms with Gasteiger partial charge in [-0.15, -0.1) is 0 Å². The molecule has 3 aromatic rings. The Hall–Kier alpha value is -3.11. The number of amides is 1. The lowest BCUT2D eigenvalue weighted by Crippen LogP contribution is -2.27. The fourth-order valence-electron chi connectivity index (χ4n) is 3.56. The van der Waals surface area contributed by atoms with Crippen molar-refractivity contribution in [3.05, 3.63) is 101 Å². The third-order valence-corrected chi connectivity index (χ3v) is 5.46. The highest BCUT2D eigenvalue weighted by molar-refractivity contribution is 5.95. The van der Waals surface area contributed by atoms with Crippen molar-refractivity contribution in [2.24, 2.45) is 0 Å². The Bertz CT molecular complexity index is 970. The molecule has 0 spiro atoms. The average Bonchev–Trinajstić information content (AvgIpc) is 2.79. The monoisotopic (exact) mass is 416 g/mol. The van der Waals surface area contributed by atoms with Gasteiger partial charge in [0.05, 0.1) is 0 Å². The van der Waals surface area contributed by atoms with Crippen LogP contribution in [-0.4, -0.2) is 24.1 Å². The first-order valence-electron chi connectivity index (χ1n) is 11.0. The molecule has 0 unspecified atom stereocenters. The second-order valence-corrected chi connectivity index (χ2v) is 7.90. The highest BCUT2D eigenvalue weighted by Crippen LogP contribution is 2.17. The number of benzene rings is 3. The lowest BCUT2D eigenvalue weighted by molar-refractivity contribution is 0.0952. The summed E-state index contributed by atoms with van der Waals surface area (Å²) in [6.07, 6.45) is 3.88. The van der Waals surface area contributed by atoms with E-state index in [0.717, 1.165) is 54.5 Å². The van der Waals surface area contributed by atoms with Gasteiger partial charge < -0.3 is 15.7 Å². The van der Waals surface area contributed by atoms with E-state index in [4.69, 9.17) is 0 Å². The van der Waals surface area contributed by atoms with Gasteiger partial charge in [-0.2, -0.15) is 0 Å². The van der Waals surface area contributed by atoms with Gasteiger partial charge in [0.1, 0.15) is 5.75 Å². The zero-order chi connectivity index (χ0) is 21.9. The molecule has 0 aliphatic carbocycles. The summed E-state index contributed by atoms with van der Waals surface area (Å²) >= 11 is 0. The molecule has 0 saturated carbocycles. The van der Waals surface area contributed by atoms with Crippen LogP contribution in [0, 0.1) is 6.92 Å². The van der Waals surface area contributed by atoms with Gasteiger partial charge in [0.25, 0.3) is 5.91 Å². The number of hydrogen-bond donors (Lipinski definition) is 3. The number of aromatic hydroxyl groups is 1. The fraction of sp³-hybridized carbons (Fsp3) is 0.296. The third-order valence-electron chi connectivity index (χ3n) is 5.46. The summed E-state index contributed by atoms with van der Waals surface area (Å²) in [6.45, 7) is 3.99. The van der Waals surface area contributed by atoms with E-state index in [1.54, 1.807) is 0 Å². The Kier molecular flexibility index (Phi) is 8.68. The van der Waals surface area contributed by atoms with Gasteiger partial charge in [-0.25, -0.2) is 0 Å². The first kappa shape index (κ1) is 22.6. The largest absolute Gasteiger partial charge is 0.508 e. The van der Waals surface area contributed by atoms with Gasteiger partial charge in [-0.05, 0) is 73.5 Å². The van der Waals surface area contributed by atoms with Crippen LogP contribution in [0.3, 0.4) is 0 Å². The minimum atomic E-state index is -0.0134. The van der Waals surface area contributed by atoms with Gasteiger partial charge in [0.15, 0.2) is 0 Å². The molecule has 0 heterocycles. The molecular weight excluding hydrogens is 384 g/mol. The van der Waals surface area contributed by atoms with Crippen LogP contribution in [-0.2, 0) is 19.4 Å². The SMILES string of the molecule is Cc1ccc(CCNCc2ccccc2C(=O)NCCCCc2ccccc2)cc1O. The second kappa shape index (κ2) is 11.9. The Morgan fingerprint density at radius 2 is 1.61 bits per heavy atom. The average molecular weight is 417 g/mol. The fourth-order valence-corrected chi connectivity index (χ4v) is 3.56. The molecule has 0 aromatic heterocycles. The molecule has 3 aromatic carbocycles. The van der Waals surface area contributed by atoms with E-state index in [0.29, 0.717) is 18.8 Å². The zero-order valence-electron chi connectivity index (χ0n) is 18.2. The van der Waals surface area contributed by atoms with Crippen LogP contribution in [0.4, 0.5) is 0 Å². The number of rotatable bonds is 11. The van der Waals surface area contributed by atoms with Crippen molar-refractivity contribution in [2.75, 3.05) is 13.1 Å². The topological polar surface area (TPSA) is 61.4 Å².